The first-order chi connectivity index (χ1) is 13.2. The van der Waals surface area contributed by atoms with Gasteiger partial charge in [-0.3, -0.25) is 9.69 Å². The molecule has 3 heterocycles. The van der Waals surface area contributed by atoms with Crippen molar-refractivity contribution in [3.05, 3.63) is 36.0 Å². The highest BCUT2D eigenvalue weighted by Crippen LogP contribution is 2.26. The molecule has 0 aliphatic carbocycles. The van der Waals surface area contributed by atoms with Crippen LogP contribution in [0.5, 0.6) is 0 Å². The number of ether oxygens (including phenoxy) is 1. The fourth-order valence-electron chi connectivity index (χ4n) is 4.66. The average molecular weight is 370 g/mol. The van der Waals surface area contributed by atoms with Crippen molar-refractivity contribution in [1.82, 2.24) is 14.4 Å². The Labute approximate surface area is 161 Å². The van der Waals surface area contributed by atoms with Gasteiger partial charge < -0.3 is 14.2 Å². The maximum Gasteiger partial charge on any atom is 0.253 e. The van der Waals surface area contributed by atoms with Gasteiger partial charge in [0, 0.05) is 61.4 Å². The second-order valence-corrected chi connectivity index (χ2v) is 7.89. The lowest BCUT2D eigenvalue weighted by Crippen LogP contribution is -2.49. The third kappa shape index (κ3) is 3.76. The van der Waals surface area contributed by atoms with Gasteiger partial charge in [0.25, 0.3) is 5.91 Å². The van der Waals surface area contributed by atoms with Crippen LogP contribution >= 0.6 is 0 Å². The van der Waals surface area contributed by atoms with Crippen LogP contribution in [0.25, 0.3) is 10.9 Å². The molecule has 0 spiro atoms. The van der Waals surface area contributed by atoms with Crippen LogP contribution < -0.4 is 0 Å². The molecule has 0 bridgehead atoms. The van der Waals surface area contributed by atoms with Crippen molar-refractivity contribution in [2.45, 2.75) is 39.3 Å². The summed E-state index contributed by atoms with van der Waals surface area (Å²) >= 11 is 0. The van der Waals surface area contributed by atoms with E-state index in [0.717, 1.165) is 69.7 Å². The molecule has 27 heavy (non-hydrogen) atoms. The van der Waals surface area contributed by atoms with Crippen LogP contribution in [0.15, 0.2) is 30.5 Å². The molecular weight excluding hydrogens is 338 g/mol. The minimum absolute atomic E-state index is 0.179. The second-order valence-electron chi connectivity index (χ2n) is 7.89. The number of nitrogens with zero attached hydrogens (tertiary/aromatic N) is 3. The Morgan fingerprint density at radius 1 is 1.15 bits per heavy atom. The van der Waals surface area contributed by atoms with Crippen LogP contribution in [0, 0.1) is 5.92 Å². The fourth-order valence-corrected chi connectivity index (χ4v) is 4.66. The standard InChI is InChI=1S/C22H31N3O2/c1-3-23-9-8-19-16-20(4-5-21(19)23)22(26)25-10-6-18(7-11-25)17(2)24-12-14-27-15-13-24/h4-5,8-9,16-18H,3,6-7,10-15H2,1-2H3. The van der Waals surface area contributed by atoms with Crippen LogP contribution in [0.2, 0.25) is 0 Å². The number of rotatable bonds is 4. The summed E-state index contributed by atoms with van der Waals surface area (Å²) < 4.78 is 7.69. The number of morpholine rings is 1. The topological polar surface area (TPSA) is 37.7 Å². The number of likely N-dealkylation sites (tertiary alicyclic amines) is 1. The Morgan fingerprint density at radius 3 is 2.59 bits per heavy atom. The molecule has 2 aromatic rings. The Balaban J connectivity index is 1.38. The molecule has 2 aliphatic rings. The number of benzene rings is 1. The lowest BCUT2D eigenvalue weighted by molar-refractivity contribution is -0.000949. The zero-order valence-electron chi connectivity index (χ0n) is 16.6. The predicted octanol–water partition coefficient (Wildman–Crippen LogP) is 3.23. The molecule has 0 saturated carbocycles. The second kappa shape index (κ2) is 8.03. The summed E-state index contributed by atoms with van der Waals surface area (Å²) in [6.07, 6.45) is 4.29. The lowest BCUT2D eigenvalue weighted by atomic mass is 9.89. The number of aromatic nitrogens is 1. The highest BCUT2D eigenvalue weighted by Gasteiger charge is 2.30. The third-order valence-corrected chi connectivity index (χ3v) is 6.49. The summed E-state index contributed by atoms with van der Waals surface area (Å²) in [5, 5.41) is 1.15. The summed E-state index contributed by atoms with van der Waals surface area (Å²) in [4.78, 5) is 17.6. The molecule has 146 valence electrons. The van der Waals surface area contributed by atoms with Crippen molar-refractivity contribution in [3.8, 4) is 0 Å². The van der Waals surface area contributed by atoms with Crippen LogP contribution in [0.3, 0.4) is 0 Å². The number of hydrogen-bond donors (Lipinski definition) is 0. The molecule has 2 fully saturated rings. The largest absolute Gasteiger partial charge is 0.379 e. The Morgan fingerprint density at radius 2 is 1.89 bits per heavy atom. The smallest absolute Gasteiger partial charge is 0.253 e. The minimum atomic E-state index is 0.179. The predicted molar refractivity (Wildman–Crippen MR) is 108 cm³/mol. The molecule has 1 amide bonds. The third-order valence-electron chi connectivity index (χ3n) is 6.49. The molecule has 1 aromatic carbocycles. The van der Waals surface area contributed by atoms with Crippen molar-refractivity contribution in [2.75, 3.05) is 39.4 Å². The van der Waals surface area contributed by atoms with Gasteiger partial charge >= 0.3 is 0 Å². The van der Waals surface area contributed by atoms with Crippen molar-refractivity contribution in [3.63, 3.8) is 0 Å². The zero-order chi connectivity index (χ0) is 18.8. The Hall–Kier alpha value is -1.85. The molecule has 2 saturated heterocycles. The number of piperidine rings is 1. The molecule has 1 unspecified atom stereocenters. The molecule has 1 aromatic heterocycles. The van der Waals surface area contributed by atoms with Crippen molar-refractivity contribution >= 4 is 16.8 Å². The number of aryl methyl sites for hydroxylation is 1. The van der Waals surface area contributed by atoms with E-state index in [0.29, 0.717) is 12.0 Å². The maximum atomic E-state index is 13.0. The van der Waals surface area contributed by atoms with E-state index in [9.17, 15) is 4.79 Å². The van der Waals surface area contributed by atoms with Crippen LogP contribution in [0.4, 0.5) is 0 Å². The Kier molecular flexibility index (Phi) is 5.50. The van der Waals surface area contributed by atoms with E-state index < -0.39 is 0 Å². The van der Waals surface area contributed by atoms with Crippen molar-refractivity contribution < 1.29 is 9.53 Å². The van der Waals surface area contributed by atoms with E-state index in [1.54, 1.807) is 0 Å². The maximum absolute atomic E-state index is 13.0. The number of fused-ring (bicyclic) bond motifs is 1. The first-order valence-electron chi connectivity index (χ1n) is 10.4. The van der Waals surface area contributed by atoms with E-state index in [-0.39, 0.29) is 5.91 Å². The number of carbonyl (C=O) groups is 1. The molecule has 0 radical (unpaired) electrons. The summed E-state index contributed by atoms with van der Waals surface area (Å²) in [5.41, 5.74) is 2.02. The summed E-state index contributed by atoms with van der Waals surface area (Å²) in [6.45, 7) is 11.0. The van der Waals surface area contributed by atoms with Crippen LogP contribution in [-0.4, -0.2) is 65.7 Å². The molecule has 0 N–H and O–H groups in total. The molecule has 5 heteroatoms. The Bertz CT molecular complexity index is 786. The van der Waals surface area contributed by atoms with E-state index in [4.69, 9.17) is 4.74 Å². The van der Waals surface area contributed by atoms with Gasteiger partial charge in [-0.1, -0.05) is 0 Å². The van der Waals surface area contributed by atoms with Gasteiger partial charge in [-0.05, 0) is 56.9 Å². The van der Waals surface area contributed by atoms with Crippen LogP contribution in [0.1, 0.15) is 37.0 Å². The SMILES string of the molecule is CCn1ccc2cc(C(=O)N3CCC(C(C)N4CCOCC4)CC3)ccc21. The monoisotopic (exact) mass is 369 g/mol. The highest BCUT2D eigenvalue weighted by atomic mass is 16.5. The minimum Gasteiger partial charge on any atom is -0.379 e. The highest BCUT2D eigenvalue weighted by molar-refractivity contribution is 5.98. The van der Waals surface area contributed by atoms with Gasteiger partial charge in [0.15, 0.2) is 0 Å². The van der Waals surface area contributed by atoms with E-state index in [1.807, 2.05) is 17.0 Å². The summed E-state index contributed by atoms with van der Waals surface area (Å²) in [6, 6.07) is 8.80. The quantitative estimate of drug-likeness (QED) is 0.830. The van der Waals surface area contributed by atoms with Gasteiger partial charge in [-0.15, -0.1) is 0 Å². The lowest BCUT2D eigenvalue weighted by Gasteiger charge is -2.41. The molecule has 2 aliphatic heterocycles. The summed E-state index contributed by atoms with van der Waals surface area (Å²) in [5.74, 6) is 0.854. The number of amides is 1. The molecule has 1 atom stereocenters. The molecule has 4 rings (SSSR count). The van der Waals surface area contributed by atoms with E-state index in [1.165, 1.54) is 5.52 Å². The van der Waals surface area contributed by atoms with Crippen LogP contribution in [-0.2, 0) is 11.3 Å². The number of hydrogen-bond acceptors (Lipinski definition) is 3. The number of carbonyl (C=O) groups excluding carboxylic acids is 1. The zero-order valence-corrected chi connectivity index (χ0v) is 16.6. The molecule has 5 nitrogen and oxygen atoms in total. The normalized spacial score (nSPS) is 20.9. The van der Waals surface area contributed by atoms with E-state index >= 15 is 0 Å². The first-order valence-corrected chi connectivity index (χ1v) is 10.4. The van der Waals surface area contributed by atoms with Gasteiger partial charge in [0.1, 0.15) is 0 Å². The van der Waals surface area contributed by atoms with E-state index in [2.05, 4.69) is 41.6 Å². The fraction of sp³-hybridized carbons (Fsp3) is 0.591. The average Bonchev–Trinajstić information content (AvgIpc) is 3.16. The van der Waals surface area contributed by atoms with Crippen molar-refractivity contribution in [2.24, 2.45) is 5.92 Å². The van der Waals surface area contributed by atoms with Gasteiger partial charge in [0.2, 0.25) is 0 Å². The summed E-state index contributed by atoms with van der Waals surface area (Å²) in [7, 11) is 0. The molecular formula is C22H31N3O2. The van der Waals surface area contributed by atoms with Gasteiger partial charge in [-0.25, -0.2) is 0 Å². The van der Waals surface area contributed by atoms with Gasteiger partial charge in [0.05, 0.1) is 13.2 Å². The first kappa shape index (κ1) is 18.5. The van der Waals surface area contributed by atoms with Gasteiger partial charge in [-0.2, -0.15) is 0 Å². The van der Waals surface area contributed by atoms with Crippen molar-refractivity contribution in [1.29, 1.82) is 0 Å².